The van der Waals surface area contributed by atoms with Crippen molar-refractivity contribution in [2.24, 2.45) is 12.8 Å². The third-order valence-electron chi connectivity index (χ3n) is 3.85. The zero-order chi connectivity index (χ0) is 11.8. The third kappa shape index (κ3) is 1.82. The monoisotopic (exact) mass is 230 g/mol. The second-order valence-electron chi connectivity index (χ2n) is 5.01. The molecule has 2 N–H and O–H groups in total. The Morgan fingerprint density at radius 1 is 1.29 bits per heavy atom. The van der Waals surface area contributed by atoms with Gasteiger partial charge in [-0.05, 0) is 31.7 Å². The van der Waals surface area contributed by atoms with Crippen molar-refractivity contribution >= 4 is 11.0 Å². The SMILES string of the molecule is Cn1c(C2CCC(N)CC2)nc2cnccc21. The van der Waals surface area contributed by atoms with Crippen molar-refractivity contribution in [1.82, 2.24) is 14.5 Å². The van der Waals surface area contributed by atoms with Crippen molar-refractivity contribution < 1.29 is 0 Å². The molecule has 17 heavy (non-hydrogen) atoms. The fraction of sp³-hybridized carbons (Fsp3) is 0.538. The molecule has 0 bridgehead atoms. The largest absolute Gasteiger partial charge is 0.331 e. The van der Waals surface area contributed by atoms with E-state index < -0.39 is 0 Å². The van der Waals surface area contributed by atoms with Gasteiger partial charge in [0, 0.05) is 25.2 Å². The maximum Gasteiger partial charge on any atom is 0.112 e. The molecule has 1 aliphatic rings. The number of imidazole rings is 1. The number of aromatic nitrogens is 3. The van der Waals surface area contributed by atoms with E-state index in [9.17, 15) is 0 Å². The lowest BCUT2D eigenvalue weighted by Gasteiger charge is -2.25. The van der Waals surface area contributed by atoms with Gasteiger partial charge < -0.3 is 10.3 Å². The van der Waals surface area contributed by atoms with Gasteiger partial charge in [0.25, 0.3) is 0 Å². The Morgan fingerprint density at radius 2 is 2.06 bits per heavy atom. The van der Waals surface area contributed by atoms with E-state index in [-0.39, 0.29) is 0 Å². The highest BCUT2D eigenvalue weighted by Gasteiger charge is 2.24. The van der Waals surface area contributed by atoms with Gasteiger partial charge in [-0.3, -0.25) is 4.98 Å². The van der Waals surface area contributed by atoms with Crippen LogP contribution in [0.4, 0.5) is 0 Å². The number of nitrogens with zero attached hydrogens (tertiary/aromatic N) is 3. The first kappa shape index (κ1) is 10.7. The lowest BCUT2D eigenvalue weighted by molar-refractivity contribution is 0.380. The maximum absolute atomic E-state index is 5.95. The molecular formula is C13H18N4. The molecule has 1 fully saturated rings. The highest BCUT2D eigenvalue weighted by atomic mass is 15.1. The van der Waals surface area contributed by atoms with Crippen LogP contribution in [0.3, 0.4) is 0 Å². The molecule has 0 aliphatic heterocycles. The molecule has 2 heterocycles. The summed E-state index contributed by atoms with van der Waals surface area (Å²) in [5.41, 5.74) is 8.12. The molecule has 4 heteroatoms. The minimum absolute atomic E-state index is 0.391. The van der Waals surface area contributed by atoms with Crippen LogP contribution in [-0.2, 0) is 7.05 Å². The minimum atomic E-state index is 0.391. The van der Waals surface area contributed by atoms with Crippen LogP contribution in [0, 0.1) is 0 Å². The molecule has 2 aromatic heterocycles. The summed E-state index contributed by atoms with van der Waals surface area (Å²) in [7, 11) is 2.10. The zero-order valence-electron chi connectivity index (χ0n) is 10.1. The zero-order valence-corrected chi connectivity index (χ0v) is 10.1. The van der Waals surface area contributed by atoms with Crippen molar-refractivity contribution in [3.8, 4) is 0 Å². The molecule has 0 aromatic carbocycles. The van der Waals surface area contributed by atoms with E-state index in [1.807, 2.05) is 18.5 Å². The number of hydrogen-bond acceptors (Lipinski definition) is 3. The summed E-state index contributed by atoms with van der Waals surface area (Å²) in [5.74, 6) is 1.76. The van der Waals surface area contributed by atoms with Crippen LogP contribution >= 0.6 is 0 Å². The van der Waals surface area contributed by atoms with Gasteiger partial charge in [-0.1, -0.05) is 0 Å². The first-order valence-corrected chi connectivity index (χ1v) is 6.27. The van der Waals surface area contributed by atoms with Crippen molar-refractivity contribution in [2.45, 2.75) is 37.6 Å². The molecule has 0 spiro atoms. The number of pyridine rings is 1. The summed E-state index contributed by atoms with van der Waals surface area (Å²) >= 11 is 0. The topological polar surface area (TPSA) is 56.7 Å². The number of fused-ring (bicyclic) bond motifs is 1. The van der Waals surface area contributed by atoms with Gasteiger partial charge >= 0.3 is 0 Å². The highest BCUT2D eigenvalue weighted by Crippen LogP contribution is 2.32. The van der Waals surface area contributed by atoms with E-state index in [4.69, 9.17) is 10.7 Å². The van der Waals surface area contributed by atoms with Crippen LogP contribution < -0.4 is 5.73 Å². The second kappa shape index (κ2) is 4.11. The highest BCUT2D eigenvalue weighted by molar-refractivity contribution is 5.74. The Bertz CT molecular complexity index is 523. The summed E-state index contributed by atoms with van der Waals surface area (Å²) in [6.07, 6.45) is 8.22. The molecule has 90 valence electrons. The fourth-order valence-electron chi connectivity index (χ4n) is 2.81. The van der Waals surface area contributed by atoms with Gasteiger partial charge in [-0.15, -0.1) is 0 Å². The average Bonchev–Trinajstić information content (AvgIpc) is 2.69. The number of rotatable bonds is 1. The number of hydrogen-bond donors (Lipinski definition) is 1. The summed E-state index contributed by atoms with van der Waals surface area (Å²) in [5, 5.41) is 0. The van der Waals surface area contributed by atoms with Crippen molar-refractivity contribution in [2.75, 3.05) is 0 Å². The van der Waals surface area contributed by atoms with E-state index >= 15 is 0 Å². The van der Waals surface area contributed by atoms with Crippen LogP contribution in [0.15, 0.2) is 18.5 Å². The van der Waals surface area contributed by atoms with Crippen LogP contribution in [0.2, 0.25) is 0 Å². The van der Waals surface area contributed by atoms with Crippen molar-refractivity contribution in [3.63, 3.8) is 0 Å². The molecule has 4 nitrogen and oxygen atoms in total. The van der Waals surface area contributed by atoms with Gasteiger partial charge in [0.2, 0.25) is 0 Å². The predicted octanol–water partition coefficient (Wildman–Crippen LogP) is 1.95. The van der Waals surface area contributed by atoms with E-state index in [1.165, 1.54) is 11.3 Å². The standard InChI is InChI=1S/C13H18N4/c1-17-12-6-7-15-8-11(12)16-13(17)9-2-4-10(14)5-3-9/h6-10H,2-5,14H2,1H3. The summed E-state index contributed by atoms with van der Waals surface area (Å²) in [6.45, 7) is 0. The second-order valence-corrected chi connectivity index (χ2v) is 5.01. The number of aryl methyl sites for hydroxylation is 1. The van der Waals surface area contributed by atoms with Crippen LogP contribution in [-0.4, -0.2) is 20.6 Å². The lowest BCUT2D eigenvalue weighted by atomic mass is 9.86. The molecule has 0 amide bonds. The molecule has 0 unspecified atom stereocenters. The Balaban J connectivity index is 1.97. The molecule has 0 radical (unpaired) electrons. The molecule has 1 aliphatic carbocycles. The predicted molar refractivity (Wildman–Crippen MR) is 67.7 cm³/mol. The van der Waals surface area contributed by atoms with Gasteiger partial charge in [0.1, 0.15) is 11.3 Å². The van der Waals surface area contributed by atoms with Crippen LogP contribution in [0.1, 0.15) is 37.4 Å². The Labute approximate surface area is 101 Å². The van der Waals surface area contributed by atoms with Gasteiger partial charge in [0.15, 0.2) is 0 Å². The Kier molecular flexibility index (Phi) is 2.59. The maximum atomic E-state index is 5.95. The first-order chi connectivity index (χ1) is 8.25. The van der Waals surface area contributed by atoms with E-state index in [1.54, 1.807) is 0 Å². The van der Waals surface area contributed by atoms with E-state index in [2.05, 4.69) is 16.6 Å². The van der Waals surface area contributed by atoms with E-state index in [0.717, 1.165) is 31.2 Å². The molecule has 1 saturated carbocycles. The first-order valence-electron chi connectivity index (χ1n) is 6.27. The van der Waals surface area contributed by atoms with Gasteiger partial charge in [0.05, 0.1) is 11.7 Å². The molecular weight excluding hydrogens is 212 g/mol. The summed E-state index contributed by atoms with van der Waals surface area (Å²) < 4.78 is 2.21. The van der Waals surface area contributed by atoms with Gasteiger partial charge in [-0.2, -0.15) is 0 Å². The smallest absolute Gasteiger partial charge is 0.112 e. The van der Waals surface area contributed by atoms with Crippen molar-refractivity contribution in [1.29, 1.82) is 0 Å². The van der Waals surface area contributed by atoms with Crippen LogP contribution in [0.5, 0.6) is 0 Å². The third-order valence-corrected chi connectivity index (χ3v) is 3.85. The van der Waals surface area contributed by atoms with Gasteiger partial charge in [-0.25, -0.2) is 4.98 Å². The molecule has 0 atom stereocenters. The fourth-order valence-corrected chi connectivity index (χ4v) is 2.81. The average molecular weight is 230 g/mol. The lowest BCUT2D eigenvalue weighted by Crippen LogP contribution is -2.26. The van der Waals surface area contributed by atoms with Crippen molar-refractivity contribution in [3.05, 3.63) is 24.3 Å². The number of nitrogens with two attached hydrogens (primary N) is 1. The molecule has 2 aromatic rings. The summed E-state index contributed by atoms with van der Waals surface area (Å²) in [6, 6.07) is 2.42. The Morgan fingerprint density at radius 3 is 2.76 bits per heavy atom. The quantitative estimate of drug-likeness (QED) is 0.814. The normalized spacial score (nSPS) is 25.3. The van der Waals surface area contributed by atoms with E-state index in [0.29, 0.717) is 12.0 Å². The van der Waals surface area contributed by atoms with Crippen LogP contribution in [0.25, 0.3) is 11.0 Å². The molecule has 3 rings (SSSR count). The Hall–Kier alpha value is -1.42. The molecule has 0 saturated heterocycles. The minimum Gasteiger partial charge on any atom is -0.331 e. The summed E-state index contributed by atoms with van der Waals surface area (Å²) in [4.78, 5) is 8.85.